The molecule has 1 spiro atoms. The first-order valence-electron chi connectivity index (χ1n) is 21.2. The summed E-state index contributed by atoms with van der Waals surface area (Å²) in [5.74, 6) is -1.23. The summed E-state index contributed by atoms with van der Waals surface area (Å²) in [6.07, 6.45) is -0.0732. The molecule has 0 atom stereocenters. The molecule has 0 radical (unpaired) electrons. The van der Waals surface area contributed by atoms with Crippen molar-refractivity contribution in [2.45, 2.75) is 25.6 Å². The Balaban J connectivity index is 0.750. The number of amides is 1. The number of ether oxygens (including phenoxy) is 10. The SMILES string of the molecule is CCNC(=O)c1ccc(OC(=O)CCOCCOCCOCCOCCOCCOCCNC(=S)Nc2ccc3c(c2)COCOC32c3ccc(O)cc3Oc3cc(O)ccc32)c(F)c1. The third kappa shape index (κ3) is 14.0. The number of aromatic hydroxyl groups is 2. The molecule has 1 amide bonds. The van der Waals surface area contributed by atoms with Crippen LogP contribution in [-0.2, 0) is 54.9 Å². The molecule has 0 aliphatic carbocycles. The standard InChI is InChI=1S/C46H54FN3O14S/c1-2-48-44(54)31-3-10-40(39(47)26-31)64-43(53)11-13-55-15-17-57-19-21-59-23-24-60-22-20-58-18-16-56-14-12-49-45(65)50-33-4-7-36-32(25-33)29-61-30-62-46(36)37-8-5-34(51)27-41(37)63-42-28-35(52)6-9-38(42)46/h3-10,25-28,51-52H,2,11-24,29-30H2,1H3,(H,48,54)(H2,49,50,65). The quantitative estimate of drug-likeness (QED) is 0.0249. The molecule has 6 rings (SSSR count). The molecule has 65 heavy (non-hydrogen) atoms. The van der Waals surface area contributed by atoms with Crippen LogP contribution in [0, 0.1) is 5.82 Å². The Bertz CT molecular complexity index is 2160. The number of rotatable bonds is 25. The van der Waals surface area contributed by atoms with Crippen molar-refractivity contribution in [3.63, 3.8) is 0 Å². The highest BCUT2D eigenvalue weighted by Crippen LogP contribution is 2.55. The Morgan fingerprint density at radius 3 is 1.86 bits per heavy atom. The molecule has 4 aromatic carbocycles. The van der Waals surface area contributed by atoms with E-state index in [1.165, 1.54) is 24.3 Å². The zero-order valence-corrected chi connectivity index (χ0v) is 36.8. The van der Waals surface area contributed by atoms with Crippen molar-refractivity contribution in [3.8, 4) is 28.7 Å². The molecule has 5 N–H and O–H groups in total. The normalized spacial score (nSPS) is 13.4. The molecule has 17 nitrogen and oxygen atoms in total. The summed E-state index contributed by atoms with van der Waals surface area (Å²) in [6.45, 7) is 7.21. The van der Waals surface area contributed by atoms with Crippen LogP contribution >= 0.6 is 12.2 Å². The van der Waals surface area contributed by atoms with E-state index in [1.54, 1.807) is 31.2 Å². The average molecular weight is 924 g/mol. The Labute approximate surface area is 381 Å². The predicted octanol–water partition coefficient (Wildman–Crippen LogP) is 5.27. The molecule has 2 aliphatic heterocycles. The van der Waals surface area contributed by atoms with Gasteiger partial charge in [-0.25, -0.2) is 4.39 Å². The lowest BCUT2D eigenvalue weighted by atomic mass is 9.76. The number of nitrogens with one attached hydrogen (secondary N) is 3. The van der Waals surface area contributed by atoms with Crippen LogP contribution in [-0.4, -0.2) is 126 Å². The third-order valence-electron chi connectivity index (χ3n) is 9.87. The second kappa shape index (κ2) is 25.3. The van der Waals surface area contributed by atoms with Gasteiger partial charge in [0.25, 0.3) is 5.91 Å². The number of benzene rings is 4. The van der Waals surface area contributed by atoms with E-state index in [4.69, 9.17) is 59.6 Å². The molecule has 19 heteroatoms. The van der Waals surface area contributed by atoms with Crippen molar-refractivity contribution in [1.82, 2.24) is 10.6 Å². The smallest absolute Gasteiger partial charge is 0.313 e. The summed E-state index contributed by atoms with van der Waals surface area (Å²) >= 11 is 5.54. The van der Waals surface area contributed by atoms with E-state index in [2.05, 4.69) is 16.0 Å². The number of anilines is 1. The van der Waals surface area contributed by atoms with E-state index in [1.807, 2.05) is 18.2 Å². The van der Waals surface area contributed by atoms with Crippen LogP contribution in [0.3, 0.4) is 0 Å². The molecular formula is C46H54FN3O14S. The van der Waals surface area contributed by atoms with Crippen molar-refractivity contribution in [2.24, 2.45) is 0 Å². The van der Waals surface area contributed by atoms with Gasteiger partial charge < -0.3 is 73.5 Å². The van der Waals surface area contributed by atoms with Crippen LogP contribution in [0.4, 0.5) is 10.1 Å². The van der Waals surface area contributed by atoms with E-state index in [0.717, 1.165) is 22.9 Å². The number of carbonyl (C=O) groups is 2. The highest BCUT2D eigenvalue weighted by atomic mass is 32.1. The number of carbonyl (C=O) groups excluding carboxylic acids is 2. The first kappa shape index (κ1) is 49.0. The van der Waals surface area contributed by atoms with Crippen LogP contribution in [0.1, 0.15) is 46.0 Å². The van der Waals surface area contributed by atoms with Crippen LogP contribution in [0.25, 0.3) is 0 Å². The van der Waals surface area contributed by atoms with E-state index < -0.39 is 23.3 Å². The number of fused-ring (bicyclic) bond motifs is 6. The van der Waals surface area contributed by atoms with Crippen molar-refractivity contribution in [2.75, 3.05) is 104 Å². The van der Waals surface area contributed by atoms with Gasteiger partial charge in [0.1, 0.15) is 29.8 Å². The Kier molecular flexibility index (Phi) is 19.0. The van der Waals surface area contributed by atoms with E-state index >= 15 is 0 Å². The fraction of sp³-hybridized carbons (Fsp3) is 0.413. The molecule has 0 bridgehead atoms. The molecule has 2 aliphatic rings. The maximum absolute atomic E-state index is 14.2. The molecule has 0 saturated carbocycles. The van der Waals surface area contributed by atoms with Crippen molar-refractivity contribution >= 4 is 34.9 Å². The molecule has 0 unspecified atom stereocenters. The van der Waals surface area contributed by atoms with Gasteiger partial charge >= 0.3 is 5.97 Å². The second-order valence-electron chi connectivity index (χ2n) is 14.4. The predicted molar refractivity (Wildman–Crippen MR) is 237 cm³/mol. The van der Waals surface area contributed by atoms with Gasteiger partial charge in [0.05, 0.1) is 92.3 Å². The minimum absolute atomic E-state index is 0.00668. The fourth-order valence-corrected chi connectivity index (χ4v) is 7.13. The molecule has 0 aromatic heterocycles. The van der Waals surface area contributed by atoms with Gasteiger partial charge in [0.15, 0.2) is 22.3 Å². The number of phenolic OH excluding ortho intramolecular Hbond substituents is 2. The fourth-order valence-electron chi connectivity index (χ4n) is 6.91. The van der Waals surface area contributed by atoms with Crippen LogP contribution in [0.15, 0.2) is 72.8 Å². The topological polar surface area (TPSA) is 203 Å². The lowest BCUT2D eigenvalue weighted by Gasteiger charge is -2.40. The minimum Gasteiger partial charge on any atom is -0.508 e. The zero-order valence-electron chi connectivity index (χ0n) is 36.0. The van der Waals surface area contributed by atoms with Gasteiger partial charge in [-0.3, -0.25) is 9.59 Å². The number of phenols is 2. The van der Waals surface area contributed by atoms with Gasteiger partial charge in [-0.2, -0.15) is 0 Å². The monoisotopic (exact) mass is 923 g/mol. The molecule has 350 valence electrons. The van der Waals surface area contributed by atoms with Crippen molar-refractivity contribution in [3.05, 3.63) is 106 Å². The second-order valence-corrected chi connectivity index (χ2v) is 14.8. The summed E-state index contributed by atoms with van der Waals surface area (Å²) in [7, 11) is 0. The molecule has 2 heterocycles. The largest absolute Gasteiger partial charge is 0.508 e. The minimum atomic E-state index is -1.13. The number of hydrogen-bond acceptors (Lipinski definition) is 15. The van der Waals surface area contributed by atoms with Gasteiger partial charge in [-0.15, -0.1) is 0 Å². The first-order chi connectivity index (χ1) is 31.7. The molecule has 4 aromatic rings. The first-order valence-corrected chi connectivity index (χ1v) is 21.6. The number of thiocarbonyl (C=S) groups is 1. The Morgan fingerprint density at radius 1 is 0.708 bits per heavy atom. The number of esters is 1. The molecule has 0 saturated heterocycles. The summed E-state index contributed by atoms with van der Waals surface area (Å²) < 4.78 is 70.8. The summed E-state index contributed by atoms with van der Waals surface area (Å²) in [5, 5.41) is 29.8. The number of halogens is 1. The van der Waals surface area contributed by atoms with Crippen LogP contribution in [0.2, 0.25) is 0 Å². The molecular weight excluding hydrogens is 870 g/mol. The summed E-state index contributed by atoms with van der Waals surface area (Å²) in [6, 6.07) is 19.2. The van der Waals surface area contributed by atoms with E-state index in [-0.39, 0.29) is 55.8 Å². The van der Waals surface area contributed by atoms with Crippen molar-refractivity contribution < 1.29 is 71.6 Å². The highest BCUT2D eigenvalue weighted by Gasteiger charge is 2.47. The lowest BCUT2D eigenvalue weighted by Crippen LogP contribution is -2.36. The van der Waals surface area contributed by atoms with E-state index in [9.17, 15) is 24.2 Å². The maximum atomic E-state index is 14.2. The van der Waals surface area contributed by atoms with Crippen LogP contribution < -0.4 is 25.4 Å². The van der Waals surface area contributed by atoms with Gasteiger partial charge in [0.2, 0.25) is 0 Å². The van der Waals surface area contributed by atoms with E-state index in [0.29, 0.717) is 107 Å². The van der Waals surface area contributed by atoms with Gasteiger partial charge in [-0.05, 0) is 84.9 Å². The Morgan fingerprint density at radius 2 is 1.28 bits per heavy atom. The maximum Gasteiger partial charge on any atom is 0.313 e. The lowest BCUT2D eigenvalue weighted by molar-refractivity contribution is -0.135. The highest BCUT2D eigenvalue weighted by molar-refractivity contribution is 7.80. The average Bonchev–Trinajstić information content (AvgIpc) is 3.47. The summed E-state index contributed by atoms with van der Waals surface area (Å²) in [5.41, 5.74) is 2.84. The summed E-state index contributed by atoms with van der Waals surface area (Å²) in [4.78, 5) is 23.8. The number of hydrogen-bond donors (Lipinski definition) is 5. The van der Waals surface area contributed by atoms with Gasteiger partial charge in [0, 0.05) is 47.6 Å². The van der Waals surface area contributed by atoms with Crippen LogP contribution in [0.5, 0.6) is 28.7 Å². The zero-order chi connectivity index (χ0) is 45.9. The Hall–Kier alpha value is -5.48. The third-order valence-corrected chi connectivity index (χ3v) is 10.1. The van der Waals surface area contributed by atoms with Gasteiger partial charge in [-0.1, -0.05) is 6.07 Å². The van der Waals surface area contributed by atoms with Crippen molar-refractivity contribution in [1.29, 1.82) is 0 Å². The molecule has 0 fully saturated rings.